The van der Waals surface area contributed by atoms with Crippen molar-refractivity contribution in [3.05, 3.63) is 29.3 Å². The number of nitrogens with zero attached hydrogens (tertiary/aromatic N) is 2. The fraction of sp³-hybridized carbons (Fsp3) is 0.286. The highest BCUT2D eigenvalue weighted by Crippen LogP contribution is 2.31. The SMILES string of the molecule is Cc1cccc(Nc2nnc(SC(C)C(=O)NC(N)=O)s2)c1C. The van der Waals surface area contributed by atoms with Gasteiger partial charge in [-0.2, -0.15) is 0 Å². The van der Waals surface area contributed by atoms with Gasteiger partial charge in [-0.25, -0.2) is 4.79 Å². The van der Waals surface area contributed by atoms with E-state index in [1.54, 1.807) is 6.92 Å². The van der Waals surface area contributed by atoms with E-state index < -0.39 is 17.2 Å². The van der Waals surface area contributed by atoms with Crippen molar-refractivity contribution in [2.24, 2.45) is 5.73 Å². The van der Waals surface area contributed by atoms with Crippen molar-refractivity contribution in [2.75, 3.05) is 5.32 Å². The van der Waals surface area contributed by atoms with E-state index in [1.165, 1.54) is 28.7 Å². The first-order chi connectivity index (χ1) is 10.9. The molecule has 2 aromatic rings. The summed E-state index contributed by atoms with van der Waals surface area (Å²) in [5.41, 5.74) is 8.23. The zero-order valence-electron chi connectivity index (χ0n) is 12.9. The number of hydrogen-bond acceptors (Lipinski definition) is 7. The Morgan fingerprint density at radius 3 is 2.74 bits per heavy atom. The molecule has 23 heavy (non-hydrogen) atoms. The van der Waals surface area contributed by atoms with Gasteiger partial charge in [-0.3, -0.25) is 10.1 Å². The van der Waals surface area contributed by atoms with Crippen LogP contribution in [-0.4, -0.2) is 27.4 Å². The third-order valence-corrected chi connectivity index (χ3v) is 5.17. The van der Waals surface area contributed by atoms with Crippen molar-refractivity contribution < 1.29 is 9.59 Å². The van der Waals surface area contributed by atoms with E-state index in [2.05, 4.69) is 15.5 Å². The second kappa shape index (κ2) is 7.42. The number of urea groups is 1. The molecule has 0 saturated heterocycles. The first kappa shape index (κ1) is 17.2. The number of amides is 3. The van der Waals surface area contributed by atoms with Crippen molar-refractivity contribution >= 4 is 45.9 Å². The van der Waals surface area contributed by atoms with E-state index >= 15 is 0 Å². The van der Waals surface area contributed by atoms with Gasteiger partial charge in [0.1, 0.15) is 0 Å². The van der Waals surface area contributed by atoms with E-state index in [4.69, 9.17) is 5.73 Å². The molecule has 0 radical (unpaired) electrons. The molecular weight excluding hydrogens is 334 g/mol. The van der Waals surface area contributed by atoms with Crippen LogP contribution in [0.4, 0.5) is 15.6 Å². The lowest BCUT2D eigenvalue weighted by Gasteiger charge is -2.08. The highest BCUT2D eigenvalue weighted by Gasteiger charge is 2.18. The van der Waals surface area contributed by atoms with Gasteiger partial charge in [-0.05, 0) is 38.0 Å². The van der Waals surface area contributed by atoms with E-state index in [9.17, 15) is 9.59 Å². The molecule has 1 unspecified atom stereocenters. The van der Waals surface area contributed by atoms with Crippen LogP contribution in [0.2, 0.25) is 0 Å². The number of benzene rings is 1. The lowest BCUT2D eigenvalue weighted by Crippen LogP contribution is -2.39. The number of thioether (sulfide) groups is 1. The number of anilines is 2. The van der Waals surface area contributed by atoms with Gasteiger partial charge in [-0.1, -0.05) is 35.2 Å². The number of aryl methyl sites for hydroxylation is 1. The maximum Gasteiger partial charge on any atom is 0.318 e. The molecule has 0 saturated carbocycles. The van der Waals surface area contributed by atoms with Crippen LogP contribution in [0.25, 0.3) is 0 Å². The second-order valence-electron chi connectivity index (χ2n) is 4.86. The van der Waals surface area contributed by atoms with Crippen molar-refractivity contribution in [3.63, 3.8) is 0 Å². The van der Waals surface area contributed by atoms with E-state index in [1.807, 2.05) is 37.4 Å². The first-order valence-electron chi connectivity index (χ1n) is 6.80. The molecule has 1 atom stereocenters. The molecule has 0 bridgehead atoms. The molecule has 0 fully saturated rings. The van der Waals surface area contributed by atoms with Crippen LogP contribution in [0.1, 0.15) is 18.1 Å². The summed E-state index contributed by atoms with van der Waals surface area (Å²) in [6.07, 6.45) is 0. The number of aromatic nitrogens is 2. The third kappa shape index (κ3) is 4.67. The lowest BCUT2D eigenvalue weighted by atomic mass is 10.1. The molecule has 2 rings (SSSR count). The summed E-state index contributed by atoms with van der Waals surface area (Å²) >= 11 is 2.56. The van der Waals surface area contributed by atoms with E-state index in [0.29, 0.717) is 9.47 Å². The molecule has 1 aromatic heterocycles. The van der Waals surface area contributed by atoms with Crippen molar-refractivity contribution in [1.82, 2.24) is 15.5 Å². The van der Waals surface area contributed by atoms with Crippen LogP contribution in [-0.2, 0) is 4.79 Å². The average molecular weight is 351 g/mol. The van der Waals surface area contributed by atoms with Crippen LogP contribution in [0.15, 0.2) is 22.5 Å². The van der Waals surface area contributed by atoms with Crippen molar-refractivity contribution in [2.45, 2.75) is 30.4 Å². The summed E-state index contributed by atoms with van der Waals surface area (Å²) in [6.45, 7) is 5.74. The van der Waals surface area contributed by atoms with Crippen LogP contribution in [0.3, 0.4) is 0 Å². The largest absolute Gasteiger partial charge is 0.351 e. The van der Waals surface area contributed by atoms with Crippen molar-refractivity contribution in [3.8, 4) is 0 Å². The highest BCUT2D eigenvalue weighted by molar-refractivity contribution is 8.02. The Kier molecular flexibility index (Phi) is 5.56. The zero-order chi connectivity index (χ0) is 17.0. The number of rotatable bonds is 5. The summed E-state index contributed by atoms with van der Waals surface area (Å²) in [6, 6.07) is 5.12. The van der Waals surface area contributed by atoms with Crippen LogP contribution >= 0.6 is 23.1 Å². The highest BCUT2D eigenvalue weighted by atomic mass is 32.2. The molecule has 122 valence electrons. The standard InChI is InChI=1S/C14H17N5O2S2/c1-7-5-4-6-10(8(7)2)16-13-18-19-14(23-13)22-9(3)11(20)17-12(15)21/h4-6,9H,1-3H3,(H,16,18)(H3,15,17,20,21). The molecular formula is C14H17N5O2S2. The summed E-state index contributed by atoms with van der Waals surface area (Å²) in [5, 5.41) is 13.5. The predicted molar refractivity (Wildman–Crippen MR) is 92.2 cm³/mol. The Morgan fingerprint density at radius 2 is 2.04 bits per heavy atom. The van der Waals surface area contributed by atoms with Gasteiger partial charge in [0, 0.05) is 5.69 Å². The number of carbonyl (C=O) groups excluding carboxylic acids is 2. The Bertz CT molecular complexity index is 732. The summed E-state index contributed by atoms with van der Waals surface area (Å²) in [5.74, 6) is -0.457. The molecule has 1 heterocycles. The number of carbonyl (C=O) groups is 2. The van der Waals surface area contributed by atoms with Gasteiger partial charge in [0.2, 0.25) is 11.0 Å². The van der Waals surface area contributed by atoms with Gasteiger partial charge < -0.3 is 11.1 Å². The number of imide groups is 1. The molecule has 0 spiro atoms. The van der Waals surface area contributed by atoms with Crippen LogP contribution in [0, 0.1) is 13.8 Å². The maximum absolute atomic E-state index is 11.6. The minimum Gasteiger partial charge on any atom is -0.351 e. The summed E-state index contributed by atoms with van der Waals surface area (Å²) < 4.78 is 0.630. The Morgan fingerprint density at radius 1 is 1.30 bits per heavy atom. The minimum absolute atomic E-state index is 0.457. The van der Waals surface area contributed by atoms with Gasteiger partial charge in [0.05, 0.1) is 5.25 Å². The number of hydrogen-bond donors (Lipinski definition) is 3. The summed E-state index contributed by atoms with van der Waals surface area (Å²) in [4.78, 5) is 22.3. The Labute approximate surface area is 142 Å². The van der Waals surface area contributed by atoms with Crippen LogP contribution < -0.4 is 16.4 Å². The molecule has 1 aromatic carbocycles. The molecule has 0 aliphatic rings. The maximum atomic E-state index is 11.6. The monoisotopic (exact) mass is 351 g/mol. The fourth-order valence-corrected chi connectivity index (χ4v) is 3.65. The van der Waals surface area contributed by atoms with Gasteiger partial charge in [0.25, 0.3) is 0 Å². The average Bonchev–Trinajstić information content (AvgIpc) is 2.90. The molecule has 0 aliphatic heterocycles. The second-order valence-corrected chi connectivity index (χ2v) is 7.42. The smallest absolute Gasteiger partial charge is 0.318 e. The lowest BCUT2D eigenvalue weighted by molar-refractivity contribution is -0.119. The van der Waals surface area contributed by atoms with Crippen molar-refractivity contribution in [1.29, 1.82) is 0 Å². The molecule has 7 nitrogen and oxygen atoms in total. The Balaban J connectivity index is 2.02. The number of nitrogens with two attached hydrogens (primary N) is 1. The van der Waals surface area contributed by atoms with Crippen LogP contribution in [0.5, 0.6) is 0 Å². The summed E-state index contributed by atoms with van der Waals surface area (Å²) in [7, 11) is 0. The minimum atomic E-state index is -0.864. The first-order valence-corrected chi connectivity index (χ1v) is 8.50. The molecule has 0 aliphatic carbocycles. The van der Waals surface area contributed by atoms with Gasteiger partial charge in [0.15, 0.2) is 4.34 Å². The zero-order valence-corrected chi connectivity index (χ0v) is 14.5. The number of nitrogens with one attached hydrogen (secondary N) is 2. The van der Waals surface area contributed by atoms with E-state index in [-0.39, 0.29) is 0 Å². The van der Waals surface area contributed by atoms with E-state index in [0.717, 1.165) is 11.3 Å². The normalized spacial score (nSPS) is 11.8. The quantitative estimate of drug-likeness (QED) is 0.714. The number of primary amides is 1. The van der Waals surface area contributed by atoms with Gasteiger partial charge >= 0.3 is 6.03 Å². The van der Waals surface area contributed by atoms with Gasteiger partial charge in [-0.15, -0.1) is 10.2 Å². The molecule has 9 heteroatoms. The fourth-order valence-electron chi connectivity index (χ4n) is 1.74. The molecule has 4 N–H and O–H groups in total. The Hall–Kier alpha value is -2.13. The third-order valence-electron chi connectivity index (χ3n) is 3.15. The predicted octanol–water partition coefficient (Wildman–Crippen LogP) is 2.57. The topological polar surface area (TPSA) is 110 Å². The molecule has 3 amide bonds.